The maximum absolute atomic E-state index is 12.8. The first kappa shape index (κ1) is 25.5. The molecule has 2 aromatic carbocycles. The average Bonchev–Trinajstić information content (AvgIpc) is 2.75. The molecule has 2 aromatic rings. The van der Waals surface area contributed by atoms with Crippen LogP contribution >= 0.6 is 0 Å². The lowest BCUT2D eigenvalue weighted by Gasteiger charge is -2.14. The first-order chi connectivity index (χ1) is 15.5. The third-order valence-electron chi connectivity index (χ3n) is 4.22. The molecule has 0 unspecified atom stereocenters. The molecule has 0 spiro atoms. The van der Waals surface area contributed by atoms with Crippen LogP contribution in [0.15, 0.2) is 35.2 Å². The lowest BCUT2D eigenvalue weighted by Crippen LogP contribution is -2.15. The van der Waals surface area contributed by atoms with Crippen molar-refractivity contribution in [1.82, 2.24) is 0 Å². The third-order valence-corrected chi connectivity index (χ3v) is 5.31. The monoisotopic (exact) mass is 481 g/mol. The minimum atomic E-state index is -3.87. The second-order valence-corrected chi connectivity index (χ2v) is 8.98. The molecule has 0 radical (unpaired) electrons. The Morgan fingerprint density at radius 2 is 1.52 bits per heavy atom. The second kappa shape index (κ2) is 10.7. The first-order valence-corrected chi connectivity index (χ1v) is 11.8. The molecule has 0 atom stereocenters. The van der Waals surface area contributed by atoms with Gasteiger partial charge in [0.15, 0.2) is 21.3 Å². The fourth-order valence-corrected chi connectivity index (χ4v) is 3.35. The van der Waals surface area contributed by atoms with Crippen molar-refractivity contribution in [2.45, 2.75) is 31.6 Å². The topological polar surface area (TPSA) is 168 Å². The van der Waals surface area contributed by atoms with Crippen LogP contribution in [-0.2, 0) is 9.84 Å². The molecule has 33 heavy (non-hydrogen) atoms. The number of non-ortho nitro benzene ring substituents is 1. The smallest absolute Gasteiger partial charge is 0.296 e. The highest BCUT2D eigenvalue weighted by Crippen LogP contribution is 2.38. The molecule has 13 heteroatoms. The highest BCUT2D eigenvalue weighted by molar-refractivity contribution is 7.90. The van der Waals surface area contributed by atoms with Gasteiger partial charge < -0.3 is 14.8 Å². The van der Waals surface area contributed by atoms with Crippen LogP contribution in [0.1, 0.15) is 37.0 Å². The van der Waals surface area contributed by atoms with Crippen LogP contribution in [0.2, 0.25) is 0 Å². The van der Waals surface area contributed by atoms with E-state index in [1.165, 1.54) is 6.07 Å². The van der Waals surface area contributed by atoms with E-state index in [2.05, 4.69) is 5.32 Å². The van der Waals surface area contributed by atoms with Gasteiger partial charge in [-0.3, -0.25) is 25.0 Å². The highest BCUT2D eigenvalue weighted by atomic mass is 32.2. The lowest BCUT2D eigenvalue weighted by atomic mass is 10.1. The number of nitro groups is 2. The quantitative estimate of drug-likeness (QED) is 0.371. The number of nitrogens with zero attached hydrogens (tertiary/aromatic N) is 2. The number of rotatable bonds is 11. The van der Waals surface area contributed by atoms with Crippen molar-refractivity contribution in [2.75, 3.05) is 24.8 Å². The summed E-state index contributed by atoms with van der Waals surface area (Å²) >= 11 is 0. The molecule has 0 saturated carbocycles. The van der Waals surface area contributed by atoms with Gasteiger partial charge in [0.1, 0.15) is 5.69 Å². The molecule has 0 aliphatic carbocycles. The van der Waals surface area contributed by atoms with E-state index in [1.807, 2.05) is 13.8 Å². The fraction of sp³-hybridized carbons (Fsp3) is 0.350. The van der Waals surface area contributed by atoms with Crippen LogP contribution in [0, 0.1) is 20.2 Å². The molecule has 1 N–H and O–H groups in total. The summed E-state index contributed by atoms with van der Waals surface area (Å²) in [5, 5.41) is 25.1. The maximum Gasteiger partial charge on any atom is 0.296 e. The molecule has 2 rings (SSSR count). The van der Waals surface area contributed by atoms with Gasteiger partial charge in [-0.05, 0) is 18.9 Å². The van der Waals surface area contributed by atoms with E-state index < -0.39 is 41.9 Å². The highest BCUT2D eigenvalue weighted by Gasteiger charge is 2.24. The molecule has 0 aliphatic heterocycles. The molecule has 178 valence electrons. The molecule has 0 saturated heterocycles. The van der Waals surface area contributed by atoms with Crippen molar-refractivity contribution in [3.05, 3.63) is 56.1 Å². The Labute approximate surface area is 189 Å². The van der Waals surface area contributed by atoms with Crippen LogP contribution in [0.5, 0.6) is 11.5 Å². The minimum absolute atomic E-state index is 0.129. The minimum Gasteiger partial charge on any atom is -0.490 e. The van der Waals surface area contributed by atoms with E-state index in [9.17, 15) is 33.4 Å². The predicted octanol–water partition coefficient (Wildman–Crippen LogP) is 3.74. The summed E-state index contributed by atoms with van der Waals surface area (Å²) in [5.74, 6) is -0.679. The zero-order valence-electron chi connectivity index (χ0n) is 18.2. The maximum atomic E-state index is 12.8. The van der Waals surface area contributed by atoms with E-state index in [4.69, 9.17) is 9.47 Å². The number of hydrogen-bond acceptors (Lipinski definition) is 9. The fourth-order valence-electron chi connectivity index (χ4n) is 2.68. The molecular formula is C20H23N3O9S. The van der Waals surface area contributed by atoms with Gasteiger partial charge in [0.25, 0.3) is 17.3 Å². The summed E-state index contributed by atoms with van der Waals surface area (Å²) < 4.78 is 34.9. The second-order valence-electron chi connectivity index (χ2n) is 6.97. The zero-order chi connectivity index (χ0) is 24.8. The van der Waals surface area contributed by atoms with Crippen molar-refractivity contribution in [1.29, 1.82) is 0 Å². The molecule has 0 aliphatic rings. The SMILES string of the molecule is CCCOc1cc(NC(=O)c2cc([N+](=O)[O-])cc(S(C)(=O)=O)c2)c([N+](=O)[O-])cc1OCCC. The van der Waals surface area contributed by atoms with Crippen molar-refractivity contribution >= 4 is 32.8 Å². The van der Waals surface area contributed by atoms with Gasteiger partial charge in [-0.2, -0.15) is 0 Å². The number of carbonyl (C=O) groups excluding carboxylic acids is 1. The Hall–Kier alpha value is -3.74. The zero-order valence-corrected chi connectivity index (χ0v) is 19.0. The van der Waals surface area contributed by atoms with Crippen LogP contribution in [0.3, 0.4) is 0 Å². The third kappa shape index (κ3) is 6.62. The standard InChI is InChI=1S/C20H23N3O9S/c1-4-6-31-18-11-16(17(23(27)28)12-19(18)32-7-5-2)21-20(24)13-8-14(22(25)26)10-15(9-13)33(3,29)30/h8-12H,4-7H2,1-3H3,(H,21,24). The van der Waals surface area contributed by atoms with Gasteiger partial charge in [-0.1, -0.05) is 13.8 Å². The number of sulfone groups is 1. The van der Waals surface area contributed by atoms with Crippen LogP contribution < -0.4 is 14.8 Å². The van der Waals surface area contributed by atoms with E-state index in [1.54, 1.807) is 0 Å². The lowest BCUT2D eigenvalue weighted by molar-refractivity contribution is -0.385. The van der Waals surface area contributed by atoms with Crippen LogP contribution in [0.4, 0.5) is 17.1 Å². The summed E-state index contributed by atoms with van der Waals surface area (Å²) in [6.07, 6.45) is 2.13. The Bertz CT molecular complexity index is 1180. The Kier molecular flexibility index (Phi) is 8.29. The van der Waals surface area contributed by atoms with Gasteiger partial charge in [-0.15, -0.1) is 0 Å². The number of hydrogen-bond donors (Lipinski definition) is 1. The Balaban J connectivity index is 2.54. The van der Waals surface area contributed by atoms with Gasteiger partial charge in [0.05, 0.1) is 34.0 Å². The summed E-state index contributed by atoms with van der Waals surface area (Å²) in [7, 11) is -3.87. The number of anilines is 1. The summed E-state index contributed by atoms with van der Waals surface area (Å²) in [6, 6.07) is 5.00. The predicted molar refractivity (Wildman–Crippen MR) is 119 cm³/mol. The molecule has 0 aromatic heterocycles. The summed E-state index contributed by atoms with van der Waals surface area (Å²) in [6.45, 7) is 4.30. The van der Waals surface area contributed by atoms with Gasteiger partial charge >= 0.3 is 0 Å². The van der Waals surface area contributed by atoms with Crippen molar-refractivity contribution in [3.63, 3.8) is 0 Å². The molecule has 0 bridgehead atoms. The first-order valence-electron chi connectivity index (χ1n) is 9.86. The van der Waals surface area contributed by atoms with Crippen molar-refractivity contribution in [2.24, 2.45) is 0 Å². The number of ether oxygens (including phenoxy) is 2. The normalized spacial score (nSPS) is 11.0. The largest absolute Gasteiger partial charge is 0.490 e. The Morgan fingerprint density at radius 3 is 2.00 bits per heavy atom. The van der Waals surface area contributed by atoms with Crippen molar-refractivity contribution in [3.8, 4) is 11.5 Å². The van der Waals surface area contributed by atoms with E-state index in [0.29, 0.717) is 12.8 Å². The number of nitrogens with one attached hydrogen (secondary N) is 1. The van der Waals surface area contributed by atoms with Gasteiger partial charge in [0, 0.05) is 30.0 Å². The molecule has 12 nitrogen and oxygen atoms in total. The number of nitro benzene ring substituents is 2. The average molecular weight is 481 g/mol. The molecular weight excluding hydrogens is 458 g/mol. The number of carbonyl (C=O) groups is 1. The number of benzene rings is 2. The van der Waals surface area contributed by atoms with E-state index in [-0.39, 0.29) is 36.0 Å². The van der Waals surface area contributed by atoms with Crippen LogP contribution in [-0.4, -0.2) is 43.6 Å². The van der Waals surface area contributed by atoms with Crippen LogP contribution in [0.25, 0.3) is 0 Å². The van der Waals surface area contributed by atoms with E-state index in [0.717, 1.165) is 30.5 Å². The van der Waals surface area contributed by atoms with E-state index >= 15 is 0 Å². The molecule has 0 fully saturated rings. The summed E-state index contributed by atoms with van der Waals surface area (Å²) in [5.41, 5.74) is -1.71. The Morgan fingerprint density at radius 1 is 0.939 bits per heavy atom. The van der Waals surface area contributed by atoms with Gasteiger partial charge in [-0.25, -0.2) is 8.42 Å². The van der Waals surface area contributed by atoms with Gasteiger partial charge in [0.2, 0.25) is 0 Å². The molecule has 0 heterocycles. The molecule has 1 amide bonds. The van der Waals surface area contributed by atoms with Crippen molar-refractivity contribution < 1.29 is 32.5 Å². The summed E-state index contributed by atoms with van der Waals surface area (Å²) in [4.78, 5) is 33.6. The number of amides is 1.